The zero-order chi connectivity index (χ0) is 18.8. The van der Waals surface area contributed by atoms with Gasteiger partial charge in [-0.25, -0.2) is 9.98 Å². The van der Waals surface area contributed by atoms with Gasteiger partial charge < -0.3 is 25.3 Å². The lowest BCUT2D eigenvalue weighted by atomic mass is 10.2. The summed E-state index contributed by atoms with van der Waals surface area (Å²) in [6, 6.07) is 9.48. The molecule has 0 saturated carbocycles. The fourth-order valence-electron chi connectivity index (χ4n) is 2.21. The summed E-state index contributed by atoms with van der Waals surface area (Å²) >= 11 is 0. The molecule has 0 spiro atoms. The number of nitrogens with two attached hydrogens (primary N) is 1. The lowest BCUT2D eigenvalue weighted by Gasteiger charge is -2.10. The van der Waals surface area contributed by atoms with Crippen LogP contribution in [0.15, 0.2) is 41.5 Å². The van der Waals surface area contributed by atoms with E-state index in [0.717, 1.165) is 17.5 Å². The Labute approximate surface area is 154 Å². The maximum Gasteiger partial charge on any atom is 0.213 e. The van der Waals surface area contributed by atoms with Crippen LogP contribution in [0.25, 0.3) is 0 Å². The molecule has 0 aliphatic carbocycles. The molecular formula is C19H26N4O3. The van der Waals surface area contributed by atoms with E-state index in [1.807, 2.05) is 30.3 Å². The topological polar surface area (TPSA) is 91.0 Å². The third kappa shape index (κ3) is 5.84. The summed E-state index contributed by atoms with van der Waals surface area (Å²) in [5, 5.41) is 3.08. The minimum absolute atomic E-state index is 0.367. The molecule has 0 radical (unpaired) electrons. The number of nitrogens with zero attached hydrogens (tertiary/aromatic N) is 2. The van der Waals surface area contributed by atoms with Crippen LogP contribution in [0.4, 0.5) is 0 Å². The van der Waals surface area contributed by atoms with Crippen LogP contribution in [0.3, 0.4) is 0 Å². The highest BCUT2D eigenvalue weighted by Gasteiger charge is 2.04. The van der Waals surface area contributed by atoms with Gasteiger partial charge >= 0.3 is 0 Å². The van der Waals surface area contributed by atoms with Gasteiger partial charge in [0.05, 0.1) is 27.4 Å². The van der Waals surface area contributed by atoms with Gasteiger partial charge in [0.2, 0.25) is 5.88 Å². The lowest BCUT2D eigenvalue weighted by molar-refractivity contribution is 0.305. The minimum atomic E-state index is 0.367. The first-order chi connectivity index (χ1) is 12.7. The summed E-state index contributed by atoms with van der Waals surface area (Å²) in [5.41, 5.74) is 7.91. The van der Waals surface area contributed by atoms with E-state index in [9.17, 15) is 0 Å². The molecule has 0 atom stereocenters. The Bertz CT molecular complexity index is 717. The number of benzene rings is 1. The molecule has 26 heavy (non-hydrogen) atoms. The number of aromatic nitrogens is 1. The van der Waals surface area contributed by atoms with Crippen LogP contribution < -0.4 is 25.3 Å². The highest BCUT2D eigenvalue weighted by molar-refractivity contribution is 5.77. The molecular weight excluding hydrogens is 332 g/mol. The number of aliphatic imine (C=N–C) groups is 1. The minimum Gasteiger partial charge on any atom is -0.493 e. The average molecular weight is 358 g/mol. The van der Waals surface area contributed by atoms with E-state index in [4.69, 9.17) is 19.9 Å². The Morgan fingerprint density at radius 2 is 1.88 bits per heavy atom. The van der Waals surface area contributed by atoms with Gasteiger partial charge in [0.15, 0.2) is 17.5 Å². The summed E-state index contributed by atoms with van der Waals surface area (Å²) in [7, 11) is 3.22. The second kappa shape index (κ2) is 10.1. The number of hydrogen-bond acceptors (Lipinski definition) is 5. The first kappa shape index (κ1) is 19.4. The molecule has 0 saturated heterocycles. The predicted molar refractivity (Wildman–Crippen MR) is 102 cm³/mol. The first-order valence-electron chi connectivity index (χ1n) is 8.48. The molecule has 7 nitrogen and oxygen atoms in total. The monoisotopic (exact) mass is 358 g/mol. The van der Waals surface area contributed by atoms with Gasteiger partial charge in [0.1, 0.15) is 0 Å². The number of ether oxygens (including phenoxy) is 3. The predicted octanol–water partition coefficient (Wildman–Crippen LogP) is 2.49. The van der Waals surface area contributed by atoms with Crippen molar-refractivity contribution in [2.75, 3.05) is 20.8 Å². The van der Waals surface area contributed by atoms with E-state index < -0.39 is 0 Å². The van der Waals surface area contributed by atoms with E-state index in [0.29, 0.717) is 43.0 Å². The van der Waals surface area contributed by atoms with Crippen LogP contribution in [0.2, 0.25) is 0 Å². The average Bonchev–Trinajstić information content (AvgIpc) is 2.69. The Morgan fingerprint density at radius 3 is 2.54 bits per heavy atom. The second-order valence-electron chi connectivity index (χ2n) is 5.60. The van der Waals surface area contributed by atoms with Crippen molar-refractivity contribution < 1.29 is 14.2 Å². The van der Waals surface area contributed by atoms with E-state index in [1.54, 1.807) is 20.4 Å². The van der Waals surface area contributed by atoms with E-state index in [2.05, 4.69) is 22.2 Å². The summed E-state index contributed by atoms with van der Waals surface area (Å²) in [5.74, 6) is 2.36. The maximum atomic E-state index is 5.93. The van der Waals surface area contributed by atoms with Crippen molar-refractivity contribution in [3.63, 3.8) is 0 Å². The van der Waals surface area contributed by atoms with Crippen molar-refractivity contribution in [1.82, 2.24) is 10.3 Å². The fraction of sp³-hybridized carbons (Fsp3) is 0.368. The smallest absolute Gasteiger partial charge is 0.213 e. The van der Waals surface area contributed by atoms with Crippen molar-refractivity contribution >= 4 is 5.96 Å². The van der Waals surface area contributed by atoms with Crippen molar-refractivity contribution in [3.05, 3.63) is 47.7 Å². The van der Waals surface area contributed by atoms with Gasteiger partial charge in [-0.05, 0) is 29.7 Å². The van der Waals surface area contributed by atoms with Crippen LogP contribution >= 0.6 is 0 Å². The van der Waals surface area contributed by atoms with E-state index in [-0.39, 0.29) is 0 Å². The quantitative estimate of drug-likeness (QED) is 0.529. The zero-order valence-electron chi connectivity index (χ0n) is 15.5. The first-order valence-corrected chi connectivity index (χ1v) is 8.48. The number of guanidine groups is 1. The standard InChI is InChI=1S/C19H26N4O3/c1-4-9-26-18-8-6-15(12-21-18)13-23-19(20)22-11-14-5-7-16(24-2)17(10-14)25-3/h5-8,10,12H,4,9,11,13H2,1-3H3,(H3,20,22,23). The van der Waals surface area contributed by atoms with Crippen LogP contribution in [-0.2, 0) is 13.1 Å². The Kier molecular flexibility index (Phi) is 7.54. The number of nitrogens with one attached hydrogen (secondary N) is 1. The Hall–Kier alpha value is -2.96. The van der Waals surface area contributed by atoms with Crippen LogP contribution in [-0.4, -0.2) is 31.8 Å². The highest BCUT2D eigenvalue weighted by Crippen LogP contribution is 2.27. The summed E-state index contributed by atoms with van der Waals surface area (Å²) in [4.78, 5) is 8.57. The number of methoxy groups -OCH3 is 2. The molecule has 2 rings (SSSR count). The van der Waals surface area contributed by atoms with Crippen LogP contribution in [0.5, 0.6) is 17.4 Å². The molecule has 1 heterocycles. The van der Waals surface area contributed by atoms with Crippen LogP contribution in [0, 0.1) is 0 Å². The molecule has 2 aromatic rings. The number of hydrogen-bond donors (Lipinski definition) is 2. The normalized spacial score (nSPS) is 11.1. The molecule has 0 unspecified atom stereocenters. The molecule has 140 valence electrons. The number of pyridine rings is 1. The molecule has 0 fully saturated rings. The van der Waals surface area contributed by atoms with Crippen molar-refractivity contribution in [2.45, 2.75) is 26.4 Å². The Morgan fingerprint density at radius 1 is 1.12 bits per heavy atom. The summed E-state index contributed by atoms with van der Waals surface area (Å²) in [6.07, 6.45) is 2.70. The lowest BCUT2D eigenvalue weighted by Crippen LogP contribution is -2.31. The SMILES string of the molecule is CCCOc1ccc(CN=C(N)NCc2ccc(OC)c(OC)c2)cn1. The largest absolute Gasteiger partial charge is 0.493 e. The van der Waals surface area contributed by atoms with Crippen molar-refractivity contribution in [2.24, 2.45) is 10.7 Å². The van der Waals surface area contributed by atoms with Gasteiger partial charge in [-0.3, -0.25) is 0 Å². The van der Waals surface area contributed by atoms with E-state index >= 15 is 0 Å². The van der Waals surface area contributed by atoms with E-state index in [1.165, 1.54) is 0 Å². The zero-order valence-corrected chi connectivity index (χ0v) is 15.5. The number of rotatable bonds is 9. The molecule has 1 aromatic heterocycles. The maximum absolute atomic E-state index is 5.93. The third-order valence-electron chi connectivity index (χ3n) is 3.61. The molecule has 1 aromatic carbocycles. The summed E-state index contributed by atoms with van der Waals surface area (Å²) in [6.45, 7) is 3.71. The molecule has 0 amide bonds. The van der Waals surface area contributed by atoms with Gasteiger partial charge in [0, 0.05) is 18.8 Å². The van der Waals surface area contributed by atoms with Gasteiger partial charge in [-0.2, -0.15) is 0 Å². The molecule has 0 aliphatic heterocycles. The summed E-state index contributed by atoms with van der Waals surface area (Å²) < 4.78 is 16.0. The fourth-order valence-corrected chi connectivity index (χ4v) is 2.21. The Balaban J connectivity index is 1.86. The molecule has 0 aliphatic rings. The molecule has 7 heteroatoms. The molecule has 3 N–H and O–H groups in total. The van der Waals surface area contributed by atoms with Crippen molar-refractivity contribution in [3.8, 4) is 17.4 Å². The van der Waals surface area contributed by atoms with Crippen LogP contribution in [0.1, 0.15) is 24.5 Å². The highest BCUT2D eigenvalue weighted by atomic mass is 16.5. The molecule has 0 bridgehead atoms. The third-order valence-corrected chi connectivity index (χ3v) is 3.61. The van der Waals surface area contributed by atoms with Gasteiger partial charge in [-0.15, -0.1) is 0 Å². The van der Waals surface area contributed by atoms with Crippen molar-refractivity contribution in [1.29, 1.82) is 0 Å². The van der Waals surface area contributed by atoms with Gasteiger partial charge in [0.25, 0.3) is 0 Å². The van der Waals surface area contributed by atoms with Gasteiger partial charge in [-0.1, -0.05) is 19.1 Å². The second-order valence-corrected chi connectivity index (χ2v) is 5.60.